The highest BCUT2D eigenvalue weighted by Crippen LogP contribution is 2.51. The summed E-state index contributed by atoms with van der Waals surface area (Å²) in [5.74, 6) is -0.735. The Kier molecular flexibility index (Phi) is 5.09. The van der Waals surface area contributed by atoms with E-state index in [-0.39, 0.29) is 25.0 Å². The number of hydrogen-bond donors (Lipinski definition) is 0. The minimum Gasteiger partial charge on any atom is -0.463 e. The van der Waals surface area contributed by atoms with Gasteiger partial charge in [-0.2, -0.15) is 0 Å². The van der Waals surface area contributed by atoms with Gasteiger partial charge in [0.1, 0.15) is 0 Å². The number of aromatic nitrogens is 1. The highest BCUT2D eigenvalue weighted by molar-refractivity contribution is 5.97. The lowest BCUT2D eigenvalue weighted by Crippen LogP contribution is -2.13. The summed E-state index contributed by atoms with van der Waals surface area (Å²) in [6, 6.07) is 3.84. The van der Waals surface area contributed by atoms with Gasteiger partial charge < -0.3 is 9.47 Å². The lowest BCUT2D eigenvalue weighted by Gasteiger charge is -2.07. The molecule has 21 heavy (non-hydrogen) atoms. The monoisotopic (exact) mass is 289 g/mol. The highest BCUT2D eigenvalue weighted by atomic mass is 16.5. The zero-order valence-corrected chi connectivity index (χ0v) is 12.2. The van der Waals surface area contributed by atoms with E-state index in [1.807, 2.05) is 12.1 Å². The summed E-state index contributed by atoms with van der Waals surface area (Å²) in [6.07, 6.45) is 5.58. The maximum atomic E-state index is 12.0. The lowest BCUT2D eigenvalue weighted by molar-refractivity contribution is -0.141. The van der Waals surface area contributed by atoms with Crippen molar-refractivity contribution in [3.63, 3.8) is 0 Å². The molecule has 5 nitrogen and oxygen atoms in total. The Bertz CT molecular complexity index is 538. The minimum atomic E-state index is -0.502. The third-order valence-electron chi connectivity index (χ3n) is 3.37. The standard InChI is InChI=1S/C16H19NO4/c1-3-20-15(18)9-14(16(19)21-4-2)13-8-12(13)11-6-5-7-17-10-11/h5-7,9-10,12-13H,3-4,8H2,1-2H3/b14-9-/t12-,13-/m1/s1. The van der Waals surface area contributed by atoms with Gasteiger partial charge in [0.2, 0.25) is 0 Å². The Morgan fingerprint density at radius 3 is 2.71 bits per heavy atom. The van der Waals surface area contributed by atoms with E-state index >= 15 is 0 Å². The van der Waals surface area contributed by atoms with Gasteiger partial charge in [-0.1, -0.05) is 6.07 Å². The first-order valence-electron chi connectivity index (χ1n) is 7.12. The largest absolute Gasteiger partial charge is 0.463 e. The van der Waals surface area contributed by atoms with Gasteiger partial charge in [0.05, 0.1) is 13.2 Å². The van der Waals surface area contributed by atoms with Gasteiger partial charge in [-0.3, -0.25) is 4.98 Å². The molecule has 0 N–H and O–H groups in total. The molecule has 112 valence electrons. The number of nitrogens with zero attached hydrogens (tertiary/aromatic N) is 1. The molecule has 1 aliphatic rings. The number of carbonyl (C=O) groups is 2. The van der Waals surface area contributed by atoms with Crippen LogP contribution in [0.5, 0.6) is 0 Å². The summed E-state index contributed by atoms with van der Waals surface area (Å²) < 4.78 is 9.92. The molecule has 0 aliphatic heterocycles. The van der Waals surface area contributed by atoms with Crippen LogP contribution in [0, 0.1) is 5.92 Å². The molecule has 1 fully saturated rings. The second-order valence-corrected chi connectivity index (χ2v) is 4.81. The quantitative estimate of drug-likeness (QED) is 0.593. The fourth-order valence-corrected chi connectivity index (χ4v) is 2.35. The summed E-state index contributed by atoms with van der Waals surface area (Å²) in [5, 5.41) is 0. The van der Waals surface area contributed by atoms with Gasteiger partial charge in [0, 0.05) is 24.0 Å². The SMILES string of the molecule is CCOC(=O)/C=C(\C(=O)OCC)[C@@H]1C[C@@H]1c1cccnc1. The molecule has 1 aliphatic carbocycles. The fourth-order valence-electron chi connectivity index (χ4n) is 2.35. The second-order valence-electron chi connectivity index (χ2n) is 4.81. The molecule has 2 rings (SSSR count). The van der Waals surface area contributed by atoms with Crippen molar-refractivity contribution in [3.05, 3.63) is 41.7 Å². The van der Waals surface area contributed by atoms with Crippen LogP contribution in [0.25, 0.3) is 0 Å². The van der Waals surface area contributed by atoms with Crippen molar-refractivity contribution in [3.8, 4) is 0 Å². The molecule has 0 aromatic carbocycles. The molecule has 2 atom stereocenters. The number of rotatable bonds is 6. The van der Waals surface area contributed by atoms with Crippen LogP contribution in [0.15, 0.2) is 36.2 Å². The average Bonchev–Trinajstić information content (AvgIpc) is 3.26. The Labute approximate surface area is 124 Å². The van der Waals surface area contributed by atoms with E-state index in [2.05, 4.69) is 4.98 Å². The number of hydrogen-bond acceptors (Lipinski definition) is 5. The Balaban J connectivity index is 2.14. The van der Waals surface area contributed by atoms with Crippen LogP contribution in [0.4, 0.5) is 0 Å². The topological polar surface area (TPSA) is 65.5 Å². The van der Waals surface area contributed by atoms with E-state index in [9.17, 15) is 9.59 Å². The molecule has 1 heterocycles. The van der Waals surface area contributed by atoms with Crippen LogP contribution in [0.3, 0.4) is 0 Å². The fraction of sp³-hybridized carbons (Fsp3) is 0.438. The van der Waals surface area contributed by atoms with Gasteiger partial charge in [0.25, 0.3) is 0 Å². The molecule has 1 saturated carbocycles. The molecule has 5 heteroatoms. The average molecular weight is 289 g/mol. The van der Waals surface area contributed by atoms with Crippen LogP contribution in [-0.4, -0.2) is 30.1 Å². The molecule has 0 spiro atoms. The third-order valence-corrected chi connectivity index (χ3v) is 3.37. The van der Waals surface area contributed by atoms with E-state index in [0.717, 1.165) is 12.0 Å². The third kappa shape index (κ3) is 3.90. The van der Waals surface area contributed by atoms with E-state index in [4.69, 9.17) is 9.47 Å². The lowest BCUT2D eigenvalue weighted by atomic mass is 10.1. The van der Waals surface area contributed by atoms with Crippen molar-refractivity contribution >= 4 is 11.9 Å². The molecule has 1 aromatic rings. The van der Waals surface area contributed by atoms with Gasteiger partial charge in [-0.25, -0.2) is 9.59 Å². The van der Waals surface area contributed by atoms with E-state index < -0.39 is 11.9 Å². The summed E-state index contributed by atoms with van der Waals surface area (Å²) >= 11 is 0. The van der Waals surface area contributed by atoms with Crippen molar-refractivity contribution in [2.24, 2.45) is 5.92 Å². The van der Waals surface area contributed by atoms with E-state index in [1.165, 1.54) is 6.08 Å². The first-order chi connectivity index (χ1) is 10.2. The number of esters is 2. The first-order valence-corrected chi connectivity index (χ1v) is 7.12. The molecule has 1 aromatic heterocycles. The highest BCUT2D eigenvalue weighted by Gasteiger charge is 2.44. The molecular weight excluding hydrogens is 270 g/mol. The van der Waals surface area contributed by atoms with Gasteiger partial charge in [-0.15, -0.1) is 0 Å². The van der Waals surface area contributed by atoms with Gasteiger partial charge >= 0.3 is 11.9 Å². The molecular formula is C16H19NO4. The predicted molar refractivity (Wildman–Crippen MR) is 76.4 cm³/mol. The number of pyridine rings is 1. The van der Waals surface area contributed by atoms with Crippen LogP contribution in [-0.2, 0) is 19.1 Å². The molecule has 0 saturated heterocycles. The summed E-state index contributed by atoms with van der Waals surface area (Å²) in [6.45, 7) is 4.03. The van der Waals surface area contributed by atoms with Gasteiger partial charge in [-0.05, 0) is 43.7 Å². The van der Waals surface area contributed by atoms with Crippen molar-refractivity contribution < 1.29 is 19.1 Å². The van der Waals surface area contributed by atoms with Gasteiger partial charge in [0.15, 0.2) is 0 Å². The van der Waals surface area contributed by atoms with Crippen molar-refractivity contribution in [2.75, 3.05) is 13.2 Å². The normalized spacial score (nSPS) is 20.8. The Morgan fingerprint density at radius 2 is 2.10 bits per heavy atom. The molecule has 0 unspecified atom stereocenters. The zero-order valence-electron chi connectivity index (χ0n) is 12.2. The van der Waals surface area contributed by atoms with E-state index in [1.54, 1.807) is 26.2 Å². The smallest absolute Gasteiger partial charge is 0.334 e. The van der Waals surface area contributed by atoms with Crippen molar-refractivity contribution in [1.82, 2.24) is 4.98 Å². The van der Waals surface area contributed by atoms with Crippen LogP contribution < -0.4 is 0 Å². The Hall–Kier alpha value is -2.17. The summed E-state index contributed by atoms with van der Waals surface area (Å²) in [5.41, 5.74) is 1.46. The number of ether oxygens (including phenoxy) is 2. The van der Waals surface area contributed by atoms with Crippen LogP contribution in [0.1, 0.15) is 31.7 Å². The molecule has 0 radical (unpaired) electrons. The maximum absolute atomic E-state index is 12.0. The van der Waals surface area contributed by atoms with Crippen molar-refractivity contribution in [2.45, 2.75) is 26.2 Å². The second kappa shape index (κ2) is 7.02. The van der Waals surface area contributed by atoms with Crippen LogP contribution >= 0.6 is 0 Å². The zero-order chi connectivity index (χ0) is 15.2. The first kappa shape index (κ1) is 15.2. The molecule has 0 amide bonds. The number of carbonyl (C=O) groups excluding carboxylic acids is 2. The van der Waals surface area contributed by atoms with Crippen molar-refractivity contribution in [1.29, 1.82) is 0 Å². The minimum absolute atomic E-state index is 0.00217. The predicted octanol–water partition coefficient (Wildman–Crippen LogP) is 2.24. The van der Waals surface area contributed by atoms with E-state index in [0.29, 0.717) is 5.57 Å². The summed E-state index contributed by atoms with van der Waals surface area (Å²) in [4.78, 5) is 27.7. The maximum Gasteiger partial charge on any atom is 0.334 e. The molecule has 0 bridgehead atoms. The van der Waals surface area contributed by atoms with Crippen LogP contribution in [0.2, 0.25) is 0 Å². The summed E-state index contributed by atoms with van der Waals surface area (Å²) in [7, 11) is 0. The Morgan fingerprint density at radius 1 is 1.33 bits per heavy atom.